The maximum Gasteiger partial charge on any atom is 0.213 e. The highest BCUT2D eigenvalue weighted by atomic mass is 32.1. The Morgan fingerprint density at radius 1 is 1.20 bits per heavy atom. The number of hydrogen-bond acceptors (Lipinski definition) is 5. The molecule has 0 unspecified atom stereocenters. The Bertz CT molecular complexity index is 654. The predicted octanol–water partition coefficient (Wildman–Crippen LogP) is 2.80. The van der Waals surface area contributed by atoms with Crippen molar-refractivity contribution in [2.75, 3.05) is 20.2 Å². The number of guanidine groups is 1. The van der Waals surface area contributed by atoms with Crippen LogP contribution in [0.5, 0.6) is 5.88 Å². The Morgan fingerprint density at radius 3 is 2.72 bits per heavy atom. The minimum absolute atomic E-state index is 0.665. The number of pyridine rings is 1. The average Bonchev–Trinajstić information content (AvgIpc) is 3.11. The highest BCUT2D eigenvalue weighted by Gasteiger charge is 2.03. The predicted molar refractivity (Wildman–Crippen MR) is 103 cm³/mol. The largest absolute Gasteiger partial charge is 0.478 e. The Labute approximate surface area is 153 Å². The highest BCUT2D eigenvalue weighted by molar-refractivity contribution is 7.11. The van der Waals surface area contributed by atoms with E-state index in [0.29, 0.717) is 19.0 Å². The van der Waals surface area contributed by atoms with Gasteiger partial charge in [-0.05, 0) is 18.4 Å². The summed E-state index contributed by atoms with van der Waals surface area (Å²) in [5.74, 6) is 1.45. The van der Waals surface area contributed by atoms with E-state index in [1.807, 2.05) is 24.5 Å². The lowest BCUT2D eigenvalue weighted by Crippen LogP contribution is -2.37. The summed E-state index contributed by atoms with van der Waals surface area (Å²) in [5.41, 5.74) is 1.08. The third-order valence-corrected chi connectivity index (χ3v) is 4.72. The summed E-state index contributed by atoms with van der Waals surface area (Å²) < 4.78 is 5.49. The molecule has 0 saturated heterocycles. The number of hydrogen-bond donors (Lipinski definition) is 2. The van der Waals surface area contributed by atoms with Gasteiger partial charge in [0.1, 0.15) is 0 Å². The van der Waals surface area contributed by atoms with Crippen LogP contribution in [0.15, 0.2) is 29.5 Å². The third kappa shape index (κ3) is 6.70. The number of rotatable bonds is 9. The number of nitrogens with zero attached hydrogens (tertiary/aromatic N) is 3. The molecule has 0 spiro atoms. The van der Waals surface area contributed by atoms with E-state index in [0.717, 1.165) is 42.3 Å². The first-order chi connectivity index (χ1) is 12.2. The van der Waals surface area contributed by atoms with Crippen LogP contribution in [0.4, 0.5) is 0 Å². The van der Waals surface area contributed by atoms with Gasteiger partial charge in [-0.3, -0.25) is 4.99 Å². The van der Waals surface area contributed by atoms with Gasteiger partial charge in [0.25, 0.3) is 0 Å². The van der Waals surface area contributed by atoms with E-state index < -0.39 is 0 Å². The summed E-state index contributed by atoms with van der Waals surface area (Å²) in [4.78, 5) is 14.3. The monoisotopic (exact) mass is 361 g/mol. The molecule has 0 aromatic carbocycles. The fourth-order valence-electron chi connectivity index (χ4n) is 2.13. The molecule has 0 aliphatic rings. The maximum absolute atomic E-state index is 5.49. The molecule has 0 fully saturated rings. The Hall–Kier alpha value is -2.15. The van der Waals surface area contributed by atoms with Crippen LogP contribution in [0, 0.1) is 0 Å². The second-order valence-electron chi connectivity index (χ2n) is 5.53. The summed E-state index contributed by atoms with van der Waals surface area (Å²) in [5, 5.41) is 7.77. The van der Waals surface area contributed by atoms with Gasteiger partial charge in [0, 0.05) is 49.9 Å². The molecule has 6 nitrogen and oxygen atoms in total. The SMILES string of the molecule is CCCOc1ccc(CNC(=NC)NCCc2ncc(CC)s2)cn1. The number of aliphatic imine (C=N–C) groups is 1. The van der Waals surface area contributed by atoms with Crippen molar-refractivity contribution in [1.82, 2.24) is 20.6 Å². The van der Waals surface area contributed by atoms with Gasteiger partial charge in [-0.25, -0.2) is 9.97 Å². The maximum atomic E-state index is 5.49. The van der Waals surface area contributed by atoms with Crippen LogP contribution in [0.1, 0.15) is 35.7 Å². The van der Waals surface area contributed by atoms with Crippen LogP contribution in [0.3, 0.4) is 0 Å². The van der Waals surface area contributed by atoms with Gasteiger partial charge in [0.2, 0.25) is 5.88 Å². The second kappa shape index (κ2) is 10.7. The van der Waals surface area contributed by atoms with Crippen LogP contribution in [0.2, 0.25) is 0 Å². The van der Waals surface area contributed by atoms with Crippen LogP contribution in [-0.2, 0) is 19.4 Å². The first kappa shape index (κ1) is 19.2. The zero-order valence-corrected chi connectivity index (χ0v) is 16.0. The lowest BCUT2D eigenvalue weighted by molar-refractivity contribution is 0.305. The molecule has 2 heterocycles. The highest BCUT2D eigenvalue weighted by Crippen LogP contribution is 2.13. The molecule has 0 bridgehead atoms. The molecule has 2 aromatic rings. The van der Waals surface area contributed by atoms with Crippen LogP contribution >= 0.6 is 11.3 Å². The molecular weight excluding hydrogens is 334 g/mol. The smallest absolute Gasteiger partial charge is 0.213 e. The van der Waals surface area contributed by atoms with Crippen molar-refractivity contribution >= 4 is 17.3 Å². The molecule has 0 amide bonds. The van der Waals surface area contributed by atoms with E-state index in [2.05, 4.69) is 39.4 Å². The normalized spacial score (nSPS) is 11.4. The summed E-state index contributed by atoms with van der Waals surface area (Å²) in [6.07, 6.45) is 6.72. The van der Waals surface area contributed by atoms with Gasteiger partial charge in [-0.1, -0.05) is 19.9 Å². The fourth-order valence-corrected chi connectivity index (χ4v) is 2.99. The van der Waals surface area contributed by atoms with Gasteiger partial charge < -0.3 is 15.4 Å². The van der Waals surface area contributed by atoms with Gasteiger partial charge in [0.15, 0.2) is 5.96 Å². The van der Waals surface area contributed by atoms with Crippen molar-refractivity contribution in [3.8, 4) is 5.88 Å². The molecule has 0 radical (unpaired) electrons. The molecular formula is C18H27N5OS. The number of thiazole rings is 1. The van der Waals surface area contributed by atoms with Crippen molar-refractivity contribution in [2.45, 2.75) is 39.7 Å². The lowest BCUT2D eigenvalue weighted by Gasteiger charge is -2.11. The van der Waals surface area contributed by atoms with Crippen molar-refractivity contribution in [2.24, 2.45) is 4.99 Å². The summed E-state index contributed by atoms with van der Waals surface area (Å²) in [6, 6.07) is 3.91. The van der Waals surface area contributed by atoms with E-state index in [9.17, 15) is 0 Å². The van der Waals surface area contributed by atoms with Crippen molar-refractivity contribution in [3.05, 3.63) is 40.0 Å². The Morgan fingerprint density at radius 2 is 2.08 bits per heavy atom. The molecule has 136 valence electrons. The minimum Gasteiger partial charge on any atom is -0.478 e. The van der Waals surface area contributed by atoms with Crippen molar-refractivity contribution < 1.29 is 4.74 Å². The molecule has 2 rings (SSSR count). The summed E-state index contributed by atoms with van der Waals surface area (Å²) in [6.45, 7) is 6.39. The quantitative estimate of drug-likeness (QED) is 0.531. The Balaban J connectivity index is 1.72. The molecule has 7 heteroatoms. The van der Waals surface area contributed by atoms with Gasteiger partial charge in [-0.15, -0.1) is 11.3 Å². The lowest BCUT2D eigenvalue weighted by atomic mass is 10.3. The first-order valence-corrected chi connectivity index (χ1v) is 9.52. The molecule has 0 atom stereocenters. The second-order valence-corrected chi connectivity index (χ2v) is 6.73. The van der Waals surface area contributed by atoms with Crippen LogP contribution in [0.25, 0.3) is 0 Å². The van der Waals surface area contributed by atoms with Gasteiger partial charge in [-0.2, -0.15) is 0 Å². The van der Waals surface area contributed by atoms with Gasteiger partial charge >= 0.3 is 0 Å². The number of ether oxygens (including phenoxy) is 1. The molecule has 0 saturated carbocycles. The third-order valence-electron chi connectivity index (χ3n) is 3.52. The topological polar surface area (TPSA) is 71.4 Å². The molecule has 2 aromatic heterocycles. The van der Waals surface area contributed by atoms with Gasteiger partial charge in [0.05, 0.1) is 11.6 Å². The number of aryl methyl sites for hydroxylation is 1. The fraction of sp³-hybridized carbons (Fsp3) is 0.500. The zero-order chi connectivity index (χ0) is 17.9. The Kier molecular flexibility index (Phi) is 8.18. The molecule has 25 heavy (non-hydrogen) atoms. The number of nitrogens with one attached hydrogen (secondary N) is 2. The van der Waals surface area contributed by atoms with Crippen molar-refractivity contribution in [3.63, 3.8) is 0 Å². The van der Waals surface area contributed by atoms with Crippen LogP contribution < -0.4 is 15.4 Å². The van der Waals surface area contributed by atoms with E-state index in [1.165, 1.54) is 4.88 Å². The van der Waals surface area contributed by atoms with E-state index in [-0.39, 0.29) is 0 Å². The first-order valence-electron chi connectivity index (χ1n) is 8.71. The average molecular weight is 362 g/mol. The van der Waals surface area contributed by atoms with E-state index in [4.69, 9.17) is 4.74 Å². The van der Waals surface area contributed by atoms with E-state index >= 15 is 0 Å². The summed E-state index contributed by atoms with van der Waals surface area (Å²) in [7, 11) is 1.77. The zero-order valence-electron chi connectivity index (χ0n) is 15.2. The molecule has 2 N–H and O–H groups in total. The molecule has 0 aliphatic carbocycles. The minimum atomic E-state index is 0.665. The standard InChI is InChI=1S/C18H27N5OS/c1-4-10-24-16-7-6-14(11-21-16)12-23-18(19-3)20-9-8-17-22-13-15(5-2)25-17/h6-7,11,13H,4-5,8-10,12H2,1-3H3,(H2,19,20,23). The number of aromatic nitrogens is 2. The molecule has 0 aliphatic heterocycles. The van der Waals surface area contributed by atoms with Crippen molar-refractivity contribution in [1.29, 1.82) is 0 Å². The van der Waals surface area contributed by atoms with E-state index in [1.54, 1.807) is 18.4 Å². The summed E-state index contributed by atoms with van der Waals surface area (Å²) >= 11 is 1.78. The van der Waals surface area contributed by atoms with Crippen LogP contribution in [-0.4, -0.2) is 36.1 Å².